The number of fused-ring (bicyclic) bond motifs is 2. The van der Waals surface area contributed by atoms with Crippen molar-refractivity contribution in [3.8, 4) is 0 Å². The molecule has 2 amide bonds. The maximum Gasteiger partial charge on any atom is 0.405 e. The first-order valence-corrected chi connectivity index (χ1v) is 17.3. The normalized spacial score (nSPS) is 27.5. The molecule has 10 nitrogen and oxygen atoms in total. The molecular formula is C32H42F2N4O6S. The van der Waals surface area contributed by atoms with E-state index in [9.17, 15) is 27.5 Å². The van der Waals surface area contributed by atoms with Crippen molar-refractivity contribution in [2.24, 2.45) is 5.92 Å². The Bertz CT molecular complexity index is 1460. The number of ether oxygens (including phenoxy) is 1. The molecule has 3 saturated heterocycles. The second kappa shape index (κ2) is 14.5. The lowest BCUT2D eigenvalue weighted by Crippen LogP contribution is -2.57. The largest absolute Gasteiger partial charge is 0.465 e. The zero-order valence-corrected chi connectivity index (χ0v) is 26.2. The highest BCUT2D eigenvalue weighted by molar-refractivity contribution is 7.89. The van der Waals surface area contributed by atoms with Crippen molar-refractivity contribution in [2.75, 3.05) is 30.8 Å². The Balaban J connectivity index is 1.40. The number of hydrogen-bond donors (Lipinski definition) is 4. The molecule has 5 rings (SSSR count). The standard InChI is InChI=1S/C32H42F2N4O6S/c1-2-25-17-21(14-15-44-25)29(20-8-10-22(33)11-9-20)30(37-32(40)41)31(39)36-28-7-3-6-27(34)26(28)13-12-24-18-35-23-5-4-16-45(42,43)38(24)19-23/h3,6-11,21,23-25,29-30,35,37H,2,4-5,12-19H2,1H3,(H,36,39)(H,40,41)/t21-,23+,24-,25-,29-,30-/m0/s1. The van der Waals surface area contributed by atoms with E-state index in [2.05, 4.69) is 16.0 Å². The minimum atomic E-state index is -3.43. The van der Waals surface area contributed by atoms with Gasteiger partial charge in [0.2, 0.25) is 15.9 Å². The zero-order chi connectivity index (χ0) is 32.1. The Kier molecular flexibility index (Phi) is 10.7. The molecule has 3 heterocycles. The van der Waals surface area contributed by atoms with Crippen molar-refractivity contribution >= 4 is 27.7 Å². The molecule has 45 heavy (non-hydrogen) atoms. The van der Waals surface area contributed by atoms with Gasteiger partial charge in [-0.2, -0.15) is 4.31 Å². The Morgan fingerprint density at radius 3 is 2.67 bits per heavy atom. The molecule has 1 unspecified atom stereocenters. The number of sulfonamides is 1. The molecule has 3 aliphatic heterocycles. The van der Waals surface area contributed by atoms with Crippen LogP contribution in [0.5, 0.6) is 0 Å². The van der Waals surface area contributed by atoms with Gasteiger partial charge in [-0.3, -0.25) is 4.79 Å². The van der Waals surface area contributed by atoms with E-state index >= 15 is 4.39 Å². The van der Waals surface area contributed by atoms with E-state index in [1.54, 1.807) is 18.2 Å². The van der Waals surface area contributed by atoms with E-state index in [0.717, 1.165) is 12.8 Å². The number of hydrogen-bond acceptors (Lipinski definition) is 6. The lowest BCUT2D eigenvalue weighted by atomic mass is 9.74. The van der Waals surface area contributed by atoms with Gasteiger partial charge in [-0.05, 0) is 80.7 Å². The zero-order valence-electron chi connectivity index (χ0n) is 25.4. The van der Waals surface area contributed by atoms with Gasteiger partial charge in [-0.15, -0.1) is 0 Å². The highest BCUT2D eigenvalue weighted by Gasteiger charge is 2.40. The molecule has 3 aliphatic rings. The maximum atomic E-state index is 15.3. The molecule has 0 spiro atoms. The summed E-state index contributed by atoms with van der Waals surface area (Å²) in [5.74, 6) is -2.39. The Morgan fingerprint density at radius 2 is 1.93 bits per heavy atom. The van der Waals surface area contributed by atoms with Crippen LogP contribution in [-0.2, 0) is 26.0 Å². The van der Waals surface area contributed by atoms with Crippen molar-refractivity contribution in [3.05, 3.63) is 65.2 Å². The fraction of sp³-hybridized carbons (Fsp3) is 0.562. The van der Waals surface area contributed by atoms with Crippen LogP contribution in [0.15, 0.2) is 42.5 Å². The second-order valence-corrected chi connectivity index (χ2v) is 14.3. The van der Waals surface area contributed by atoms with Gasteiger partial charge in [0, 0.05) is 48.9 Å². The molecule has 0 saturated carbocycles. The topological polar surface area (TPSA) is 137 Å². The molecule has 7 atom stereocenters. The van der Waals surface area contributed by atoms with E-state index in [4.69, 9.17) is 4.74 Å². The van der Waals surface area contributed by atoms with Gasteiger partial charge in [0.1, 0.15) is 17.7 Å². The highest BCUT2D eigenvalue weighted by Crippen LogP contribution is 2.38. The van der Waals surface area contributed by atoms with Crippen LogP contribution < -0.4 is 16.0 Å². The van der Waals surface area contributed by atoms with Gasteiger partial charge in [0.05, 0.1) is 11.9 Å². The summed E-state index contributed by atoms with van der Waals surface area (Å²) in [6.45, 7) is 3.27. The number of piperazine rings is 1. The molecular weight excluding hydrogens is 606 g/mol. The van der Waals surface area contributed by atoms with Crippen LogP contribution in [0.25, 0.3) is 0 Å². The predicted octanol–water partition coefficient (Wildman–Crippen LogP) is 4.23. The van der Waals surface area contributed by atoms with Crippen LogP contribution in [0.1, 0.15) is 62.5 Å². The smallest absolute Gasteiger partial charge is 0.405 e. The number of amides is 2. The Labute approximate surface area is 263 Å². The van der Waals surface area contributed by atoms with Crippen molar-refractivity contribution in [2.45, 2.75) is 82.0 Å². The summed E-state index contributed by atoms with van der Waals surface area (Å²) < 4.78 is 62.5. The van der Waals surface area contributed by atoms with E-state index in [1.165, 1.54) is 28.6 Å². The van der Waals surface area contributed by atoms with Crippen LogP contribution >= 0.6 is 0 Å². The highest BCUT2D eigenvalue weighted by atomic mass is 32.2. The van der Waals surface area contributed by atoms with E-state index in [1.807, 2.05) is 6.92 Å². The third kappa shape index (κ3) is 8.00. The third-order valence-electron chi connectivity index (χ3n) is 9.41. The van der Waals surface area contributed by atoms with Crippen molar-refractivity contribution in [1.29, 1.82) is 0 Å². The minimum Gasteiger partial charge on any atom is -0.465 e. The first-order valence-electron chi connectivity index (χ1n) is 15.7. The van der Waals surface area contributed by atoms with Gasteiger partial charge in [0.25, 0.3) is 0 Å². The van der Waals surface area contributed by atoms with Gasteiger partial charge in [-0.1, -0.05) is 25.1 Å². The molecule has 2 aromatic rings. The molecule has 246 valence electrons. The summed E-state index contributed by atoms with van der Waals surface area (Å²) in [4.78, 5) is 26.0. The summed E-state index contributed by atoms with van der Waals surface area (Å²) in [7, 11) is -3.43. The Hall–Kier alpha value is -3.13. The quantitative estimate of drug-likeness (QED) is 0.303. The van der Waals surface area contributed by atoms with Crippen LogP contribution in [0.3, 0.4) is 0 Å². The molecule has 2 aromatic carbocycles. The number of carboxylic acid groups (broad SMARTS) is 1. The van der Waals surface area contributed by atoms with E-state index in [-0.39, 0.29) is 47.5 Å². The number of halogens is 2. The number of anilines is 1. The fourth-order valence-electron chi connectivity index (χ4n) is 7.09. The van der Waals surface area contributed by atoms with Gasteiger partial charge >= 0.3 is 6.09 Å². The number of rotatable bonds is 10. The summed E-state index contributed by atoms with van der Waals surface area (Å²) >= 11 is 0. The monoisotopic (exact) mass is 648 g/mol. The molecule has 4 N–H and O–H groups in total. The fourth-order valence-corrected chi connectivity index (χ4v) is 8.90. The average molecular weight is 649 g/mol. The van der Waals surface area contributed by atoms with Crippen LogP contribution in [0.2, 0.25) is 0 Å². The van der Waals surface area contributed by atoms with Gasteiger partial charge in [-0.25, -0.2) is 22.0 Å². The number of nitrogens with zero attached hydrogens (tertiary/aromatic N) is 1. The first kappa shape index (κ1) is 33.2. The molecule has 0 radical (unpaired) electrons. The molecule has 13 heteroatoms. The van der Waals surface area contributed by atoms with Crippen molar-refractivity contribution < 1.29 is 36.6 Å². The molecule has 0 aliphatic carbocycles. The summed E-state index contributed by atoms with van der Waals surface area (Å²) in [6.07, 6.45) is 2.30. The lowest BCUT2D eigenvalue weighted by Gasteiger charge is -2.38. The lowest BCUT2D eigenvalue weighted by molar-refractivity contribution is -0.119. The minimum absolute atomic E-state index is 0.0624. The average Bonchev–Trinajstić information content (AvgIpc) is 3.13. The van der Waals surface area contributed by atoms with Crippen molar-refractivity contribution in [1.82, 2.24) is 14.9 Å². The van der Waals surface area contributed by atoms with Crippen LogP contribution in [0.4, 0.5) is 19.3 Å². The summed E-state index contributed by atoms with van der Waals surface area (Å²) in [5.41, 5.74) is 1.01. The van der Waals surface area contributed by atoms with E-state index < -0.39 is 45.6 Å². The van der Waals surface area contributed by atoms with Gasteiger partial charge < -0.3 is 25.8 Å². The number of benzene rings is 2. The second-order valence-electron chi connectivity index (χ2n) is 12.3. The number of carbonyl (C=O) groups excluding carboxylic acids is 1. The predicted molar refractivity (Wildman–Crippen MR) is 166 cm³/mol. The summed E-state index contributed by atoms with van der Waals surface area (Å²) in [6, 6.07) is 8.45. The molecule has 2 bridgehead atoms. The van der Waals surface area contributed by atoms with E-state index in [0.29, 0.717) is 50.9 Å². The first-order chi connectivity index (χ1) is 21.6. The molecule has 0 aromatic heterocycles. The maximum absolute atomic E-state index is 15.3. The summed E-state index contributed by atoms with van der Waals surface area (Å²) in [5, 5.41) is 18.4. The Morgan fingerprint density at radius 1 is 1.16 bits per heavy atom. The molecule has 3 fully saturated rings. The number of nitrogens with one attached hydrogen (secondary N) is 3. The third-order valence-corrected chi connectivity index (χ3v) is 11.4. The van der Waals surface area contributed by atoms with Crippen molar-refractivity contribution in [3.63, 3.8) is 0 Å². The van der Waals surface area contributed by atoms with Crippen LogP contribution in [-0.4, -0.2) is 79.5 Å². The van der Waals surface area contributed by atoms with Crippen LogP contribution in [0, 0.1) is 17.6 Å². The SMILES string of the molecule is CC[C@H]1C[C@@H]([C@H](c2ccc(F)cc2)[C@H](NC(=O)O)C(=O)Nc2cccc(F)c2CC[C@H]2CN[C@@H]3CCCS(=O)(=O)N2C3)CCO1. The number of carbonyl (C=O) groups is 2. The van der Waals surface area contributed by atoms with Gasteiger partial charge in [0.15, 0.2) is 0 Å².